The van der Waals surface area contributed by atoms with Gasteiger partial charge in [-0.15, -0.1) is 0 Å². The molecule has 1 aromatic heterocycles. The molecule has 2 atom stereocenters. The van der Waals surface area contributed by atoms with Gasteiger partial charge >= 0.3 is 0 Å². The van der Waals surface area contributed by atoms with Crippen LogP contribution in [0.25, 0.3) is 0 Å². The first-order valence-electron chi connectivity index (χ1n) is 7.21. The summed E-state index contributed by atoms with van der Waals surface area (Å²) in [5.74, 6) is 1.08. The lowest BCUT2D eigenvalue weighted by molar-refractivity contribution is -0.0719. The molecule has 1 aliphatic heterocycles. The first kappa shape index (κ1) is 14.6. The van der Waals surface area contributed by atoms with E-state index in [0.717, 1.165) is 31.9 Å². The first-order valence-corrected chi connectivity index (χ1v) is 7.21. The van der Waals surface area contributed by atoms with Crippen LogP contribution >= 0.6 is 0 Å². The second-order valence-corrected chi connectivity index (χ2v) is 5.86. The number of ether oxygens (including phenoxy) is 1. The van der Waals surface area contributed by atoms with Gasteiger partial charge in [0.25, 0.3) is 0 Å². The normalized spacial score (nSPS) is 25.1. The maximum atomic E-state index is 5.76. The van der Waals surface area contributed by atoms with Crippen molar-refractivity contribution in [2.75, 3.05) is 13.1 Å². The molecule has 1 aromatic rings. The Bertz CT molecular complexity index is 379. The SMILES string of the molecule is CC(C)NCc1ccoc1CN1CC(C)OC(C)C1. The molecule has 4 heteroatoms. The fourth-order valence-corrected chi connectivity index (χ4v) is 2.59. The maximum absolute atomic E-state index is 5.76. The van der Waals surface area contributed by atoms with Gasteiger partial charge in [0.1, 0.15) is 5.76 Å². The molecule has 108 valence electrons. The van der Waals surface area contributed by atoms with Crippen LogP contribution in [0.2, 0.25) is 0 Å². The zero-order valence-electron chi connectivity index (χ0n) is 12.5. The van der Waals surface area contributed by atoms with Crippen LogP contribution in [0.5, 0.6) is 0 Å². The van der Waals surface area contributed by atoms with E-state index in [0.29, 0.717) is 18.2 Å². The van der Waals surface area contributed by atoms with Gasteiger partial charge in [0.2, 0.25) is 0 Å². The smallest absolute Gasteiger partial charge is 0.122 e. The lowest BCUT2D eigenvalue weighted by atomic mass is 10.2. The highest BCUT2D eigenvalue weighted by molar-refractivity contribution is 5.17. The third-order valence-corrected chi connectivity index (χ3v) is 3.40. The molecule has 0 amide bonds. The summed E-state index contributed by atoms with van der Waals surface area (Å²) in [5, 5.41) is 3.44. The minimum Gasteiger partial charge on any atom is -0.468 e. The Balaban J connectivity index is 1.93. The van der Waals surface area contributed by atoms with Crippen LogP contribution in [0.15, 0.2) is 16.7 Å². The summed E-state index contributed by atoms with van der Waals surface area (Å²) in [6.07, 6.45) is 2.40. The van der Waals surface area contributed by atoms with E-state index in [1.54, 1.807) is 6.26 Å². The van der Waals surface area contributed by atoms with E-state index in [4.69, 9.17) is 9.15 Å². The molecule has 1 fully saturated rings. The lowest BCUT2D eigenvalue weighted by Gasteiger charge is -2.34. The van der Waals surface area contributed by atoms with Gasteiger partial charge in [0.05, 0.1) is 25.0 Å². The van der Waals surface area contributed by atoms with Gasteiger partial charge in [-0.3, -0.25) is 4.90 Å². The molecule has 2 rings (SSSR count). The van der Waals surface area contributed by atoms with Gasteiger partial charge in [0, 0.05) is 31.2 Å². The van der Waals surface area contributed by atoms with Gasteiger partial charge in [-0.1, -0.05) is 13.8 Å². The van der Waals surface area contributed by atoms with Crippen molar-refractivity contribution < 1.29 is 9.15 Å². The van der Waals surface area contributed by atoms with E-state index in [1.807, 2.05) is 0 Å². The van der Waals surface area contributed by atoms with Crippen molar-refractivity contribution in [3.8, 4) is 0 Å². The number of furan rings is 1. The Morgan fingerprint density at radius 1 is 1.32 bits per heavy atom. The molecule has 1 saturated heterocycles. The molecular formula is C15H26N2O2. The number of nitrogens with zero attached hydrogens (tertiary/aromatic N) is 1. The molecular weight excluding hydrogens is 240 g/mol. The minimum absolute atomic E-state index is 0.302. The Labute approximate surface area is 116 Å². The predicted octanol–water partition coefficient (Wildman–Crippen LogP) is 2.39. The Kier molecular flexibility index (Phi) is 5.02. The van der Waals surface area contributed by atoms with Crippen LogP contribution in [-0.4, -0.2) is 36.2 Å². The van der Waals surface area contributed by atoms with Crippen LogP contribution in [0.1, 0.15) is 39.0 Å². The molecule has 0 aromatic carbocycles. The zero-order valence-corrected chi connectivity index (χ0v) is 12.5. The Morgan fingerprint density at radius 3 is 2.63 bits per heavy atom. The largest absolute Gasteiger partial charge is 0.468 e. The number of rotatable bonds is 5. The molecule has 0 bridgehead atoms. The van der Waals surface area contributed by atoms with Crippen LogP contribution < -0.4 is 5.32 Å². The van der Waals surface area contributed by atoms with Crippen LogP contribution in [0.3, 0.4) is 0 Å². The maximum Gasteiger partial charge on any atom is 0.122 e. The van der Waals surface area contributed by atoms with Crippen molar-refractivity contribution in [1.29, 1.82) is 0 Å². The highest BCUT2D eigenvalue weighted by Gasteiger charge is 2.23. The van der Waals surface area contributed by atoms with E-state index in [9.17, 15) is 0 Å². The molecule has 4 nitrogen and oxygen atoms in total. The van der Waals surface area contributed by atoms with Gasteiger partial charge in [-0.2, -0.15) is 0 Å². The van der Waals surface area contributed by atoms with Crippen molar-refractivity contribution in [2.45, 2.75) is 59.0 Å². The summed E-state index contributed by atoms with van der Waals surface area (Å²) in [6, 6.07) is 2.56. The second-order valence-electron chi connectivity index (χ2n) is 5.86. The highest BCUT2D eigenvalue weighted by atomic mass is 16.5. The van der Waals surface area contributed by atoms with Crippen molar-refractivity contribution in [2.24, 2.45) is 0 Å². The van der Waals surface area contributed by atoms with Gasteiger partial charge < -0.3 is 14.5 Å². The summed E-state index contributed by atoms with van der Waals surface area (Å²) < 4.78 is 11.4. The summed E-state index contributed by atoms with van der Waals surface area (Å²) in [7, 11) is 0. The van der Waals surface area contributed by atoms with Crippen molar-refractivity contribution >= 4 is 0 Å². The minimum atomic E-state index is 0.302. The van der Waals surface area contributed by atoms with Gasteiger partial charge in [-0.25, -0.2) is 0 Å². The standard InChI is InChI=1S/C15H26N2O2/c1-11(2)16-7-14-5-6-18-15(14)10-17-8-12(3)19-13(4)9-17/h5-6,11-13,16H,7-10H2,1-4H3. The van der Waals surface area contributed by atoms with E-state index in [-0.39, 0.29) is 0 Å². The fourth-order valence-electron chi connectivity index (χ4n) is 2.59. The molecule has 0 radical (unpaired) electrons. The molecule has 0 saturated carbocycles. The summed E-state index contributed by atoms with van der Waals surface area (Å²) in [4.78, 5) is 2.41. The lowest BCUT2D eigenvalue weighted by Crippen LogP contribution is -2.44. The van der Waals surface area contributed by atoms with Gasteiger partial charge in [-0.05, 0) is 19.9 Å². The van der Waals surface area contributed by atoms with Crippen LogP contribution in [0, 0.1) is 0 Å². The number of morpholine rings is 1. The molecule has 1 N–H and O–H groups in total. The number of hydrogen-bond donors (Lipinski definition) is 1. The summed E-state index contributed by atoms with van der Waals surface area (Å²) >= 11 is 0. The highest BCUT2D eigenvalue weighted by Crippen LogP contribution is 2.17. The van der Waals surface area contributed by atoms with Crippen LogP contribution in [-0.2, 0) is 17.8 Å². The van der Waals surface area contributed by atoms with Gasteiger partial charge in [0.15, 0.2) is 0 Å². The Morgan fingerprint density at radius 2 is 2.00 bits per heavy atom. The predicted molar refractivity (Wildman–Crippen MR) is 76.0 cm³/mol. The average molecular weight is 266 g/mol. The van der Waals surface area contributed by atoms with Crippen molar-refractivity contribution in [1.82, 2.24) is 10.2 Å². The molecule has 2 heterocycles. The second kappa shape index (κ2) is 6.55. The quantitative estimate of drug-likeness (QED) is 0.888. The van der Waals surface area contributed by atoms with E-state index in [1.165, 1.54) is 5.56 Å². The molecule has 19 heavy (non-hydrogen) atoms. The molecule has 0 spiro atoms. The zero-order chi connectivity index (χ0) is 13.8. The monoisotopic (exact) mass is 266 g/mol. The molecule has 2 unspecified atom stereocenters. The number of nitrogens with one attached hydrogen (secondary N) is 1. The Hall–Kier alpha value is -0.840. The van der Waals surface area contributed by atoms with Crippen LogP contribution in [0.4, 0.5) is 0 Å². The summed E-state index contributed by atoms with van der Waals surface area (Å²) in [6.45, 7) is 12.3. The van der Waals surface area contributed by atoms with Crippen molar-refractivity contribution in [3.63, 3.8) is 0 Å². The van der Waals surface area contributed by atoms with E-state index >= 15 is 0 Å². The summed E-state index contributed by atoms with van der Waals surface area (Å²) in [5.41, 5.74) is 1.26. The van der Waals surface area contributed by atoms with E-state index in [2.05, 4.69) is 44.0 Å². The van der Waals surface area contributed by atoms with Crippen molar-refractivity contribution in [3.05, 3.63) is 23.7 Å². The average Bonchev–Trinajstić information content (AvgIpc) is 2.72. The molecule has 1 aliphatic rings. The fraction of sp³-hybridized carbons (Fsp3) is 0.733. The molecule has 0 aliphatic carbocycles. The third-order valence-electron chi connectivity index (χ3n) is 3.40. The van der Waals surface area contributed by atoms with E-state index < -0.39 is 0 Å². The number of hydrogen-bond acceptors (Lipinski definition) is 4. The first-order chi connectivity index (χ1) is 9.04. The third kappa shape index (κ3) is 4.34. The topological polar surface area (TPSA) is 37.6 Å².